The van der Waals surface area contributed by atoms with Crippen LogP contribution in [0.4, 0.5) is 4.39 Å². The largest absolute Gasteiger partial charge is 0.497 e. The van der Waals surface area contributed by atoms with Crippen molar-refractivity contribution in [3.8, 4) is 11.5 Å². The van der Waals surface area contributed by atoms with Gasteiger partial charge in [-0.2, -0.15) is 9.41 Å². The lowest BCUT2D eigenvalue weighted by molar-refractivity contribution is -0.121. The van der Waals surface area contributed by atoms with Crippen molar-refractivity contribution < 1.29 is 27.1 Å². The molecule has 8 nitrogen and oxygen atoms in total. The molecule has 0 fully saturated rings. The van der Waals surface area contributed by atoms with E-state index >= 15 is 0 Å². The van der Waals surface area contributed by atoms with Gasteiger partial charge in [0, 0.05) is 18.7 Å². The molecule has 0 spiro atoms. The number of methoxy groups -OCH3 is 2. The van der Waals surface area contributed by atoms with Gasteiger partial charge >= 0.3 is 0 Å². The lowest BCUT2D eigenvalue weighted by Gasteiger charge is -2.16. The summed E-state index contributed by atoms with van der Waals surface area (Å²) < 4.78 is 48.9. The molecule has 2 rings (SSSR count). The summed E-state index contributed by atoms with van der Waals surface area (Å²) in [5, 5.41) is 3.81. The quantitative estimate of drug-likeness (QED) is 0.528. The normalized spacial score (nSPS) is 11.6. The predicted octanol–water partition coefficient (Wildman–Crippen LogP) is 1.61. The van der Waals surface area contributed by atoms with Crippen molar-refractivity contribution in [1.29, 1.82) is 0 Å². The van der Waals surface area contributed by atoms with E-state index in [2.05, 4.69) is 10.5 Å². The Labute approximate surface area is 162 Å². The number of sulfonamides is 1. The highest BCUT2D eigenvalue weighted by Crippen LogP contribution is 2.23. The molecule has 0 bridgehead atoms. The Balaban J connectivity index is 2.00. The van der Waals surface area contributed by atoms with Crippen molar-refractivity contribution in [2.75, 3.05) is 27.8 Å². The number of benzene rings is 2. The highest BCUT2D eigenvalue weighted by Gasteiger charge is 2.22. The molecule has 1 amide bonds. The first kappa shape index (κ1) is 21.3. The molecule has 2 aromatic carbocycles. The molecule has 1 N–H and O–H groups in total. The molecular weight excluding hydrogens is 389 g/mol. The number of carbonyl (C=O) groups excluding carboxylic acids is 1. The van der Waals surface area contributed by atoms with Gasteiger partial charge in [0.15, 0.2) is 0 Å². The number of hydrazone groups is 1. The molecule has 0 saturated carbocycles. The molecule has 150 valence electrons. The summed E-state index contributed by atoms with van der Waals surface area (Å²) in [6.45, 7) is -0.462. The van der Waals surface area contributed by atoms with E-state index in [4.69, 9.17) is 9.47 Å². The molecule has 28 heavy (non-hydrogen) atoms. The first-order chi connectivity index (χ1) is 13.3. The van der Waals surface area contributed by atoms with Gasteiger partial charge in [0.1, 0.15) is 17.3 Å². The van der Waals surface area contributed by atoms with Crippen LogP contribution in [0.3, 0.4) is 0 Å². The Kier molecular flexibility index (Phi) is 7.07. The Morgan fingerprint density at radius 2 is 1.86 bits per heavy atom. The number of hydrogen-bond donors (Lipinski definition) is 1. The second kappa shape index (κ2) is 9.29. The van der Waals surface area contributed by atoms with Crippen molar-refractivity contribution in [2.45, 2.75) is 4.90 Å². The third-order valence-corrected chi connectivity index (χ3v) is 5.54. The Morgan fingerprint density at radius 1 is 1.18 bits per heavy atom. The van der Waals surface area contributed by atoms with Gasteiger partial charge in [-0.1, -0.05) is 0 Å². The number of ether oxygens (including phenoxy) is 2. The van der Waals surface area contributed by atoms with Gasteiger partial charge < -0.3 is 9.47 Å². The summed E-state index contributed by atoms with van der Waals surface area (Å²) in [6, 6.07) is 9.39. The van der Waals surface area contributed by atoms with E-state index in [1.165, 1.54) is 27.5 Å². The molecule has 0 aliphatic heterocycles. The number of rotatable bonds is 8. The fourth-order valence-corrected chi connectivity index (χ4v) is 3.34. The standard InChI is InChI=1S/C18H20FN3O5S/c1-22(28(24,25)16-8-5-14(19)6-9-16)12-18(23)21-20-11-13-4-7-15(26-2)10-17(13)27-3/h4-11H,12H2,1-3H3,(H,21,23)/b20-11-. The van der Waals surface area contributed by atoms with Crippen LogP contribution in [0, 0.1) is 5.82 Å². The van der Waals surface area contributed by atoms with Crippen molar-refractivity contribution in [3.63, 3.8) is 0 Å². The predicted molar refractivity (Wildman–Crippen MR) is 101 cm³/mol. The minimum absolute atomic E-state index is 0.115. The van der Waals surface area contributed by atoms with Crippen molar-refractivity contribution in [3.05, 3.63) is 53.8 Å². The van der Waals surface area contributed by atoms with Gasteiger partial charge in [0.05, 0.1) is 31.9 Å². The van der Waals surface area contributed by atoms with Crippen LogP contribution in [0.5, 0.6) is 11.5 Å². The maximum Gasteiger partial charge on any atom is 0.255 e. The Morgan fingerprint density at radius 3 is 2.46 bits per heavy atom. The maximum absolute atomic E-state index is 13.0. The zero-order valence-electron chi connectivity index (χ0n) is 15.5. The van der Waals surface area contributed by atoms with Crippen LogP contribution in [-0.4, -0.2) is 52.7 Å². The molecule has 10 heteroatoms. The number of nitrogens with one attached hydrogen (secondary N) is 1. The minimum Gasteiger partial charge on any atom is -0.497 e. The van der Waals surface area contributed by atoms with Gasteiger partial charge in [0.25, 0.3) is 5.91 Å². The van der Waals surface area contributed by atoms with E-state index in [1.807, 2.05) is 0 Å². The molecule has 0 radical (unpaired) electrons. The summed E-state index contributed by atoms with van der Waals surface area (Å²) in [5.74, 6) is -0.0985. The van der Waals surface area contributed by atoms with Crippen LogP contribution < -0.4 is 14.9 Å². The summed E-state index contributed by atoms with van der Waals surface area (Å²) in [4.78, 5) is 11.9. The van der Waals surface area contributed by atoms with Crippen LogP contribution in [0.1, 0.15) is 5.56 Å². The fourth-order valence-electron chi connectivity index (χ4n) is 2.21. The van der Waals surface area contributed by atoms with Gasteiger partial charge in [-0.05, 0) is 36.4 Å². The SMILES string of the molecule is COc1ccc(/C=N\NC(=O)CN(C)S(=O)(=O)c2ccc(F)cc2)c(OC)c1. The molecule has 0 saturated heterocycles. The summed E-state index contributed by atoms with van der Waals surface area (Å²) in [5.41, 5.74) is 2.85. The molecule has 2 aromatic rings. The molecule has 0 heterocycles. The van der Waals surface area contributed by atoms with Crippen LogP contribution in [0.25, 0.3) is 0 Å². The first-order valence-corrected chi connectivity index (χ1v) is 9.47. The van der Waals surface area contributed by atoms with E-state index in [1.54, 1.807) is 18.2 Å². The number of carbonyl (C=O) groups is 1. The average Bonchev–Trinajstić information content (AvgIpc) is 2.68. The number of nitrogens with zero attached hydrogens (tertiary/aromatic N) is 2. The smallest absolute Gasteiger partial charge is 0.255 e. The topological polar surface area (TPSA) is 97.3 Å². The molecule has 0 aromatic heterocycles. The number of likely N-dealkylation sites (N-methyl/N-ethyl adjacent to an activating group) is 1. The highest BCUT2D eigenvalue weighted by atomic mass is 32.2. The zero-order valence-corrected chi connectivity index (χ0v) is 16.4. The van der Waals surface area contributed by atoms with Crippen molar-refractivity contribution in [2.24, 2.45) is 5.10 Å². The first-order valence-electron chi connectivity index (χ1n) is 8.03. The summed E-state index contributed by atoms with van der Waals surface area (Å²) in [6.07, 6.45) is 1.37. The third-order valence-electron chi connectivity index (χ3n) is 3.72. The Bertz CT molecular complexity index is 962. The Hall–Kier alpha value is -2.98. The molecular formula is C18H20FN3O5S. The lowest BCUT2D eigenvalue weighted by atomic mass is 10.2. The number of halogens is 1. The number of hydrogen-bond acceptors (Lipinski definition) is 6. The second-order valence-corrected chi connectivity index (χ2v) is 7.66. The summed E-state index contributed by atoms with van der Waals surface area (Å²) >= 11 is 0. The van der Waals surface area contributed by atoms with Gasteiger partial charge in [-0.25, -0.2) is 18.2 Å². The van der Waals surface area contributed by atoms with Crippen LogP contribution in [0.2, 0.25) is 0 Å². The van der Waals surface area contributed by atoms with Gasteiger partial charge in [-0.15, -0.1) is 0 Å². The summed E-state index contributed by atoms with van der Waals surface area (Å²) in [7, 11) is 0.331. The van der Waals surface area contributed by atoms with Crippen LogP contribution in [0.15, 0.2) is 52.5 Å². The highest BCUT2D eigenvalue weighted by molar-refractivity contribution is 7.89. The second-order valence-electron chi connectivity index (χ2n) is 5.62. The minimum atomic E-state index is -3.93. The van der Waals surface area contributed by atoms with Gasteiger partial charge in [0.2, 0.25) is 10.0 Å². The molecule has 0 aliphatic carbocycles. The van der Waals surface area contributed by atoms with E-state index in [9.17, 15) is 17.6 Å². The maximum atomic E-state index is 13.0. The van der Waals surface area contributed by atoms with E-state index in [-0.39, 0.29) is 4.90 Å². The molecule has 0 unspecified atom stereocenters. The fraction of sp³-hybridized carbons (Fsp3) is 0.222. The van der Waals surface area contributed by atoms with E-state index in [0.717, 1.165) is 28.6 Å². The average molecular weight is 409 g/mol. The van der Waals surface area contributed by atoms with Crippen molar-refractivity contribution >= 4 is 22.1 Å². The molecule has 0 aliphatic rings. The zero-order chi connectivity index (χ0) is 20.7. The van der Waals surface area contributed by atoms with Crippen LogP contribution in [-0.2, 0) is 14.8 Å². The lowest BCUT2D eigenvalue weighted by Crippen LogP contribution is -2.36. The van der Waals surface area contributed by atoms with Crippen LogP contribution >= 0.6 is 0 Å². The van der Waals surface area contributed by atoms with E-state index < -0.39 is 28.3 Å². The monoisotopic (exact) mass is 409 g/mol. The third kappa shape index (κ3) is 5.27. The molecule has 0 atom stereocenters. The van der Waals surface area contributed by atoms with E-state index in [0.29, 0.717) is 17.1 Å². The number of amides is 1. The van der Waals surface area contributed by atoms with Gasteiger partial charge in [-0.3, -0.25) is 4.79 Å². The van der Waals surface area contributed by atoms with Crippen molar-refractivity contribution in [1.82, 2.24) is 9.73 Å².